The first-order chi connectivity index (χ1) is 16.5. The lowest BCUT2D eigenvalue weighted by atomic mass is 9.95. The number of urea groups is 1. The molecule has 0 aromatic heterocycles. The van der Waals surface area contributed by atoms with Crippen molar-refractivity contribution in [2.45, 2.75) is 44.3 Å². The van der Waals surface area contributed by atoms with E-state index in [0.717, 1.165) is 18.4 Å². The van der Waals surface area contributed by atoms with Gasteiger partial charge >= 0.3 is 6.03 Å². The van der Waals surface area contributed by atoms with Crippen LogP contribution >= 0.6 is 0 Å². The third kappa shape index (κ3) is 4.16. The van der Waals surface area contributed by atoms with Crippen LogP contribution in [0.1, 0.15) is 36.9 Å². The number of nitrogens with zero attached hydrogens (tertiary/aromatic N) is 2. The summed E-state index contributed by atoms with van der Waals surface area (Å²) in [4.78, 5) is 43.1. The molecule has 34 heavy (non-hydrogen) atoms. The molecule has 1 fully saturated rings. The second kappa shape index (κ2) is 8.93. The molecule has 2 aliphatic heterocycles. The maximum absolute atomic E-state index is 13.8. The van der Waals surface area contributed by atoms with E-state index < -0.39 is 17.9 Å². The molecule has 2 aromatic rings. The minimum Gasteiger partial charge on any atom is -0.352 e. The van der Waals surface area contributed by atoms with Crippen molar-refractivity contribution in [3.05, 3.63) is 82.8 Å². The smallest absolute Gasteiger partial charge is 0.322 e. The molecule has 7 nitrogen and oxygen atoms in total. The molecule has 3 aliphatic rings. The molecule has 0 saturated heterocycles. The molecule has 0 spiro atoms. The zero-order valence-electron chi connectivity index (χ0n) is 19.0. The molecule has 2 N–H and O–H groups in total. The third-order valence-corrected chi connectivity index (χ3v) is 6.64. The normalized spacial score (nSPS) is 20.8. The number of hydrogen-bond acceptors (Lipinski definition) is 3. The highest BCUT2D eigenvalue weighted by Gasteiger charge is 2.47. The molecule has 1 aliphatic carbocycles. The van der Waals surface area contributed by atoms with Crippen molar-refractivity contribution in [3.63, 3.8) is 0 Å². The van der Waals surface area contributed by atoms with E-state index in [9.17, 15) is 18.8 Å². The van der Waals surface area contributed by atoms with Crippen LogP contribution in [0.5, 0.6) is 0 Å². The second-order valence-corrected chi connectivity index (χ2v) is 8.96. The monoisotopic (exact) mass is 462 g/mol. The Morgan fingerprint density at radius 1 is 1.12 bits per heavy atom. The van der Waals surface area contributed by atoms with Crippen molar-refractivity contribution in [1.82, 2.24) is 20.4 Å². The number of halogens is 1. The number of benzene rings is 2. The fourth-order valence-electron chi connectivity index (χ4n) is 4.71. The number of rotatable bonds is 7. The van der Waals surface area contributed by atoms with Crippen molar-refractivity contribution in [3.8, 4) is 0 Å². The zero-order valence-corrected chi connectivity index (χ0v) is 19.0. The highest BCUT2D eigenvalue weighted by atomic mass is 19.1. The summed E-state index contributed by atoms with van der Waals surface area (Å²) in [7, 11) is 0. The summed E-state index contributed by atoms with van der Waals surface area (Å²) in [5, 5.41) is 5.94. The van der Waals surface area contributed by atoms with Gasteiger partial charge in [-0.15, -0.1) is 0 Å². The van der Waals surface area contributed by atoms with Crippen LogP contribution in [0.2, 0.25) is 0 Å². The molecular weight excluding hydrogens is 435 g/mol. The van der Waals surface area contributed by atoms with E-state index in [4.69, 9.17) is 0 Å². The van der Waals surface area contributed by atoms with Crippen LogP contribution in [-0.2, 0) is 16.0 Å². The fraction of sp³-hybridized carbons (Fsp3) is 0.346. The van der Waals surface area contributed by atoms with Gasteiger partial charge < -0.3 is 15.5 Å². The van der Waals surface area contributed by atoms with E-state index in [1.807, 2.05) is 37.3 Å². The minimum absolute atomic E-state index is 0.161. The molecule has 0 bridgehead atoms. The minimum atomic E-state index is -0.705. The Kier molecular flexibility index (Phi) is 5.81. The average Bonchev–Trinajstić information content (AvgIpc) is 3.59. The Hall–Kier alpha value is -3.68. The summed E-state index contributed by atoms with van der Waals surface area (Å²) < 4.78 is 13.5. The van der Waals surface area contributed by atoms with Crippen LogP contribution in [0.15, 0.2) is 65.9 Å². The van der Waals surface area contributed by atoms with E-state index in [-0.39, 0.29) is 30.4 Å². The van der Waals surface area contributed by atoms with E-state index >= 15 is 0 Å². The van der Waals surface area contributed by atoms with Gasteiger partial charge in [0.25, 0.3) is 5.91 Å². The number of carbonyl (C=O) groups excluding carboxylic acids is 3. The molecule has 176 valence electrons. The maximum atomic E-state index is 13.8. The SMILES string of the molecule is CCN1C(=O)N[C@@H](c2ccc(F)cc2)C2=C1CN([C@H](Cc1ccccc1)C(=O)NC1CC1)C2=O. The Labute approximate surface area is 197 Å². The number of nitrogens with one attached hydrogen (secondary N) is 2. The summed E-state index contributed by atoms with van der Waals surface area (Å²) >= 11 is 0. The summed E-state index contributed by atoms with van der Waals surface area (Å²) in [5.74, 6) is -0.857. The lowest BCUT2D eigenvalue weighted by Gasteiger charge is -2.32. The van der Waals surface area contributed by atoms with Gasteiger partial charge in [-0.3, -0.25) is 14.5 Å². The molecule has 4 amide bonds. The average molecular weight is 463 g/mol. The Morgan fingerprint density at radius 3 is 2.47 bits per heavy atom. The predicted octanol–water partition coefficient (Wildman–Crippen LogP) is 2.90. The zero-order chi connectivity index (χ0) is 23.8. The molecule has 0 radical (unpaired) electrons. The number of carbonyl (C=O) groups is 3. The largest absolute Gasteiger partial charge is 0.352 e. The first-order valence-electron chi connectivity index (χ1n) is 11.7. The van der Waals surface area contributed by atoms with E-state index in [2.05, 4.69) is 10.6 Å². The van der Waals surface area contributed by atoms with Crippen molar-refractivity contribution in [1.29, 1.82) is 0 Å². The van der Waals surface area contributed by atoms with Gasteiger partial charge in [0.2, 0.25) is 5.91 Å². The molecule has 0 unspecified atom stereocenters. The number of amides is 4. The lowest BCUT2D eigenvalue weighted by Crippen LogP contribution is -2.50. The van der Waals surface area contributed by atoms with Gasteiger partial charge in [-0.1, -0.05) is 42.5 Å². The second-order valence-electron chi connectivity index (χ2n) is 8.96. The first-order valence-corrected chi connectivity index (χ1v) is 11.7. The molecule has 2 aromatic carbocycles. The van der Waals surface area contributed by atoms with Gasteiger partial charge in [0, 0.05) is 19.0 Å². The topological polar surface area (TPSA) is 81.8 Å². The van der Waals surface area contributed by atoms with Gasteiger partial charge in [-0.05, 0) is 43.0 Å². The number of likely N-dealkylation sites (N-methyl/N-ethyl adjacent to an activating group) is 1. The van der Waals surface area contributed by atoms with Crippen molar-refractivity contribution >= 4 is 17.8 Å². The van der Waals surface area contributed by atoms with Crippen molar-refractivity contribution in [2.24, 2.45) is 0 Å². The quantitative estimate of drug-likeness (QED) is 0.664. The van der Waals surface area contributed by atoms with Crippen LogP contribution < -0.4 is 10.6 Å². The summed E-state index contributed by atoms with van der Waals surface area (Å²) in [6.07, 6.45) is 2.27. The van der Waals surface area contributed by atoms with Gasteiger partial charge in [-0.25, -0.2) is 9.18 Å². The van der Waals surface area contributed by atoms with Crippen LogP contribution in [-0.4, -0.2) is 52.8 Å². The highest BCUT2D eigenvalue weighted by Crippen LogP contribution is 2.37. The Morgan fingerprint density at radius 2 is 1.82 bits per heavy atom. The van der Waals surface area contributed by atoms with Gasteiger partial charge in [0.15, 0.2) is 0 Å². The van der Waals surface area contributed by atoms with Crippen molar-refractivity contribution < 1.29 is 18.8 Å². The van der Waals surface area contributed by atoms with Gasteiger partial charge in [0.1, 0.15) is 11.9 Å². The van der Waals surface area contributed by atoms with E-state index in [1.54, 1.807) is 21.9 Å². The standard InChI is InChI=1S/C26H27FN4O3/c1-2-30-21-15-31(20(24(32)28-19-12-13-19)14-16-6-4-3-5-7-16)25(33)22(21)23(29-26(30)34)17-8-10-18(27)11-9-17/h3-11,19-20,23H,2,12-15H2,1H3,(H,28,32)(H,29,34)/t20-,23+/m1/s1. The Bertz CT molecular complexity index is 1140. The Balaban J connectivity index is 1.50. The molecule has 8 heteroatoms. The first kappa shape index (κ1) is 22.1. The molecule has 2 atom stereocenters. The molecule has 1 saturated carbocycles. The summed E-state index contributed by atoms with van der Waals surface area (Å²) in [6.45, 7) is 2.40. The summed E-state index contributed by atoms with van der Waals surface area (Å²) in [6, 6.07) is 13.8. The van der Waals surface area contributed by atoms with Crippen LogP contribution in [0, 0.1) is 5.82 Å². The van der Waals surface area contributed by atoms with Crippen LogP contribution in [0.4, 0.5) is 9.18 Å². The van der Waals surface area contributed by atoms with Gasteiger partial charge in [0.05, 0.1) is 23.9 Å². The third-order valence-electron chi connectivity index (χ3n) is 6.64. The summed E-state index contributed by atoms with van der Waals surface area (Å²) in [5.41, 5.74) is 2.61. The highest BCUT2D eigenvalue weighted by molar-refractivity contribution is 6.03. The molecular formula is C26H27FN4O3. The fourth-order valence-corrected chi connectivity index (χ4v) is 4.71. The van der Waals surface area contributed by atoms with E-state index in [1.165, 1.54) is 12.1 Å². The van der Waals surface area contributed by atoms with Crippen LogP contribution in [0.3, 0.4) is 0 Å². The van der Waals surface area contributed by atoms with Gasteiger partial charge in [-0.2, -0.15) is 0 Å². The maximum Gasteiger partial charge on any atom is 0.322 e. The van der Waals surface area contributed by atoms with E-state index in [0.29, 0.717) is 29.8 Å². The van der Waals surface area contributed by atoms with Crippen LogP contribution in [0.25, 0.3) is 0 Å². The number of hydrogen-bond donors (Lipinski definition) is 2. The van der Waals surface area contributed by atoms with Crippen molar-refractivity contribution in [2.75, 3.05) is 13.1 Å². The predicted molar refractivity (Wildman–Crippen MR) is 124 cm³/mol. The molecule has 2 heterocycles. The lowest BCUT2D eigenvalue weighted by molar-refractivity contribution is -0.136. The molecule has 5 rings (SSSR count).